The van der Waals surface area contributed by atoms with Gasteiger partial charge in [-0.2, -0.15) is 0 Å². The highest BCUT2D eigenvalue weighted by atomic mass is 16.6. The van der Waals surface area contributed by atoms with Gasteiger partial charge in [-0.05, 0) is 54.3 Å². The Kier molecular flexibility index (Phi) is 6.56. The smallest absolute Gasteiger partial charge is 0.345 e. The van der Waals surface area contributed by atoms with Crippen LogP contribution >= 0.6 is 0 Å². The first kappa shape index (κ1) is 21.6. The first-order chi connectivity index (χ1) is 14.3. The molecule has 1 atom stereocenters. The molecule has 0 saturated carbocycles. The fraction of sp³-hybridized carbons (Fsp3) is 0.308. The summed E-state index contributed by atoms with van der Waals surface area (Å²) >= 11 is 0. The number of fused-ring (bicyclic) bond motifs is 1. The molecule has 0 fully saturated rings. The molecule has 30 heavy (non-hydrogen) atoms. The Morgan fingerprint density at radius 3 is 2.17 bits per heavy atom. The Morgan fingerprint density at radius 2 is 1.53 bits per heavy atom. The average Bonchev–Trinajstić information content (AvgIpc) is 2.76. The van der Waals surface area contributed by atoms with Crippen molar-refractivity contribution >= 4 is 22.7 Å². The fourth-order valence-corrected chi connectivity index (χ4v) is 3.40. The minimum absolute atomic E-state index is 0.240. The molecule has 1 unspecified atom stereocenters. The number of hydrogen-bond acceptors (Lipinski definition) is 4. The number of esters is 2. The summed E-state index contributed by atoms with van der Waals surface area (Å²) in [5.74, 6) is -1.19. The zero-order valence-electron chi connectivity index (χ0n) is 18.0. The molecule has 0 N–H and O–H groups in total. The monoisotopic (exact) mass is 404 g/mol. The molecule has 0 aliphatic rings. The largest absolute Gasteiger partial charge is 0.453 e. The molecule has 4 nitrogen and oxygen atoms in total. The maximum absolute atomic E-state index is 12.5. The maximum atomic E-state index is 12.5. The predicted octanol–water partition coefficient (Wildman–Crippen LogP) is 5.87. The summed E-state index contributed by atoms with van der Waals surface area (Å²) in [5.41, 5.74) is 2.04. The van der Waals surface area contributed by atoms with Crippen LogP contribution in [-0.2, 0) is 24.7 Å². The van der Waals surface area contributed by atoms with E-state index in [-0.39, 0.29) is 18.5 Å². The standard InChI is InChI=1S/C26H28O4/c1-5-18(2)25(28)29-17-24(27)30-26(3,4)23-16-21-14-10-9-13-20(21)15-22(23)19-11-7-6-8-12-19/h6-16,18H,5,17H2,1-4H3. The van der Waals surface area contributed by atoms with Crippen LogP contribution in [0.5, 0.6) is 0 Å². The molecule has 0 aliphatic heterocycles. The summed E-state index contributed by atoms with van der Waals surface area (Å²) in [5, 5.41) is 2.18. The van der Waals surface area contributed by atoms with Crippen molar-refractivity contribution in [3.8, 4) is 11.1 Å². The highest BCUT2D eigenvalue weighted by molar-refractivity contribution is 5.90. The van der Waals surface area contributed by atoms with Crippen LogP contribution in [0.4, 0.5) is 0 Å². The van der Waals surface area contributed by atoms with E-state index >= 15 is 0 Å². The van der Waals surface area contributed by atoms with Crippen LogP contribution in [0.3, 0.4) is 0 Å². The summed E-state index contributed by atoms with van der Waals surface area (Å²) in [6.07, 6.45) is 0.664. The Hall–Kier alpha value is -3.14. The molecular formula is C26H28O4. The minimum atomic E-state index is -0.908. The predicted molar refractivity (Wildman–Crippen MR) is 119 cm³/mol. The molecule has 0 radical (unpaired) electrons. The third-order valence-corrected chi connectivity index (χ3v) is 5.34. The summed E-state index contributed by atoms with van der Waals surface area (Å²) in [6, 6.07) is 22.3. The van der Waals surface area contributed by atoms with E-state index in [9.17, 15) is 9.59 Å². The number of hydrogen-bond donors (Lipinski definition) is 0. The molecule has 0 aromatic heterocycles. The first-order valence-corrected chi connectivity index (χ1v) is 10.3. The molecule has 0 aliphatic carbocycles. The van der Waals surface area contributed by atoms with Gasteiger partial charge in [-0.1, -0.05) is 68.4 Å². The van der Waals surface area contributed by atoms with Gasteiger partial charge in [0, 0.05) is 5.56 Å². The Labute approximate surface area is 177 Å². The quantitative estimate of drug-likeness (QED) is 0.462. The van der Waals surface area contributed by atoms with E-state index in [4.69, 9.17) is 9.47 Å². The van der Waals surface area contributed by atoms with Crippen molar-refractivity contribution in [3.63, 3.8) is 0 Å². The lowest BCUT2D eigenvalue weighted by atomic mass is 9.87. The van der Waals surface area contributed by atoms with E-state index in [0.717, 1.165) is 27.5 Å². The van der Waals surface area contributed by atoms with E-state index in [1.165, 1.54) is 0 Å². The van der Waals surface area contributed by atoms with Crippen molar-refractivity contribution in [3.05, 3.63) is 72.3 Å². The van der Waals surface area contributed by atoms with Gasteiger partial charge in [0.05, 0.1) is 5.92 Å². The van der Waals surface area contributed by atoms with Crippen LogP contribution in [0.25, 0.3) is 21.9 Å². The second-order valence-corrected chi connectivity index (χ2v) is 8.01. The summed E-state index contributed by atoms with van der Waals surface area (Å²) in [4.78, 5) is 24.3. The summed E-state index contributed by atoms with van der Waals surface area (Å²) in [6.45, 7) is 7.01. The zero-order valence-corrected chi connectivity index (χ0v) is 18.0. The van der Waals surface area contributed by atoms with Crippen LogP contribution in [0.15, 0.2) is 66.7 Å². The van der Waals surface area contributed by atoms with Crippen LogP contribution in [0, 0.1) is 5.92 Å². The van der Waals surface area contributed by atoms with Gasteiger partial charge in [-0.25, -0.2) is 4.79 Å². The van der Waals surface area contributed by atoms with E-state index in [2.05, 4.69) is 18.2 Å². The molecule has 3 aromatic carbocycles. The number of carbonyl (C=O) groups is 2. The lowest BCUT2D eigenvalue weighted by Crippen LogP contribution is -2.30. The highest BCUT2D eigenvalue weighted by Gasteiger charge is 2.29. The molecule has 0 saturated heterocycles. The molecule has 0 bridgehead atoms. The van der Waals surface area contributed by atoms with Crippen molar-refractivity contribution in [2.45, 2.75) is 39.7 Å². The van der Waals surface area contributed by atoms with Gasteiger partial charge in [-0.3, -0.25) is 4.79 Å². The van der Waals surface area contributed by atoms with Crippen molar-refractivity contribution in [1.82, 2.24) is 0 Å². The number of rotatable bonds is 7. The molecule has 156 valence electrons. The van der Waals surface area contributed by atoms with Gasteiger partial charge >= 0.3 is 11.9 Å². The van der Waals surface area contributed by atoms with E-state index in [1.807, 2.05) is 69.3 Å². The fourth-order valence-electron chi connectivity index (χ4n) is 3.40. The summed E-state index contributed by atoms with van der Waals surface area (Å²) in [7, 11) is 0. The van der Waals surface area contributed by atoms with Crippen molar-refractivity contribution < 1.29 is 19.1 Å². The van der Waals surface area contributed by atoms with Crippen molar-refractivity contribution in [2.75, 3.05) is 6.61 Å². The lowest BCUT2D eigenvalue weighted by Gasteiger charge is -2.29. The van der Waals surface area contributed by atoms with Gasteiger partial charge in [0.15, 0.2) is 6.61 Å². The number of carbonyl (C=O) groups excluding carboxylic acids is 2. The molecule has 0 amide bonds. The highest BCUT2D eigenvalue weighted by Crippen LogP contribution is 2.37. The van der Waals surface area contributed by atoms with Gasteiger partial charge in [0.1, 0.15) is 5.60 Å². The minimum Gasteiger partial charge on any atom is -0.453 e. The topological polar surface area (TPSA) is 52.6 Å². The lowest BCUT2D eigenvalue weighted by molar-refractivity contribution is -0.169. The molecule has 3 aromatic rings. The molecule has 0 spiro atoms. The Morgan fingerprint density at radius 1 is 0.933 bits per heavy atom. The van der Waals surface area contributed by atoms with Crippen LogP contribution < -0.4 is 0 Å². The Bertz CT molecular complexity index is 1040. The van der Waals surface area contributed by atoms with Gasteiger partial charge in [0.25, 0.3) is 0 Å². The van der Waals surface area contributed by atoms with E-state index in [1.54, 1.807) is 6.92 Å². The number of ether oxygens (including phenoxy) is 2. The summed E-state index contributed by atoms with van der Waals surface area (Å²) < 4.78 is 10.9. The van der Waals surface area contributed by atoms with Gasteiger partial charge < -0.3 is 9.47 Å². The molecular weight excluding hydrogens is 376 g/mol. The SMILES string of the molecule is CCC(C)C(=O)OCC(=O)OC(C)(C)c1cc2ccccc2cc1-c1ccccc1. The van der Waals surface area contributed by atoms with Crippen molar-refractivity contribution in [1.29, 1.82) is 0 Å². The Balaban J connectivity index is 1.91. The first-order valence-electron chi connectivity index (χ1n) is 10.3. The second-order valence-electron chi connectivity index (χ2n) is 8.01. The second kappa shape index (κ2) is 9.12. The number of benzene rings is 3. The molecule has 3 rings (SSSR count). The third-order valence-electron chi connectivity index (χ3n) is 5.34. The zero-order chi connectivity index (χ0) is 21.7. The van der Waals surface area contributed by atoms with E-state index in [0.29, 0.717) is 6.42 Å². The van der Waals surface area contributed by atoms with Crippen molar-refractivity contribution in [2.24, 2.45) is 5.92 Å². The van der Waals surface area contributed by atoms with Crippen LogP contribution in [0.1, 0.15) is 39.7 Å². The average molecular weight is 405 g/mol. The van der Waals surface area contributed by atoms with Gasteiger partial charge in [0.2, 0.25) is 0 Å². The van der Waals surface area contributed by atoms with Crippen LogP contribution in [0.2, 0.25) is 0 Å². The van der Waals surface area contributed by atoms with E-state index < -0.39 is 11.6 Å². The maximum Gasteiger partial charge on any atom is 0.345 e. The molecule has 0 heterocycles. The normalized spacial score (nSPS) is 12.4. The third kappa shape index (κ3) is 4.88. The van der Waals surface area contributed by atoms with Gasteiger partial charge in [-0.15, -0.1) is 0 Å². The van der Waals surface area contributed by atoms with Crippen LogP contribution in [-0.4, -0.2) is 18.5 Å². The molecule has 4 heteroatoms.